The molecule has 7 heteroatoms. The van der Waals surface area contributed by atoms with E-state index in [0.717, 1.165) is 31.8 Å². The third kappa shape index (κ3) is 3.16. The average molecular weight is 381 g/mol. The molecule has 0 unspecified atom stereocenters. The Labute approximate surface area is 158 Å². The number of thiophene rings is 1. The van der Waals surface area contributed by atoms with Crippen LogP contribution in [0.15, 0.2) is 54.9 Å². The number of rotatable bonds is 4. The Morgan fingerprint density at radius 1 is 1.08 bits per heavy atom. The molecule has 5 nitrogen and oxygen atoms in total. The molecular weight excluding hydrogens is 368 g/mol. The summed E-state index contributed by atoms with van der Waals surface area (Å²) in [5.74, 6) is -0.581. The highest BCUT2D eigenvalue weighted by molar-refractivity contribution is 7.22. The molecule has 0 aliphatic heterocycles. The zero-order valence-corrected chi connectivity index (χ0v) is 15.1. The highest BCUT2D eigenvalue weighted by Gasteiger charge is 2.17. The number of hydrogen-bond acceptors (Lipinski definition) is 5. The van der Waals surface area contributed by atoms with E-state index in [2.05, 4.69) is 15.2 Å². The second-order valence-corrected chi connectivity index (χ2v) is 7.24. The summed E-state index contributed by atoms with van der Waals surface area (Å²) in [6.07, 6.45) is 4.08. The number of nitrogens with zero attached hydrogens (tertiary/aromatic N) is 3. The van der Waals surface area contributed by atoms with E-state index in [1.54, 1.807) is 12.4 Å². The number of primary amides is 1. The first kappa shape index (κ1) is 16.6. The molecule has 0 atom stereocenters. The fourth-order valence-electron chi connectivity index (χ4n) is 2.73. The highest BCUT2D eigenvalue weighted by Crippen LogP contribution is 2.36. The summed E-state index contributed by atoms with van der Waals surface area (Å²) >= 11 is 7.45. The summed E-state index contributed by atoms with van der Waals surface area (Å²) in [6, 6.07) is 13.5. The van der Waals surface area contributed by atoms with Gasteiger partial charge in [-0.1, -0.05) is 23.7 Å². The number of carbonyl (C=O) groups excluding carboxylic acids is 1. The van der Waals surface area contributed by atoms with E-state index >= 15 is 0 Å². The maximum Gasteiger partial charge on any atom is 0.270 e. The molecule has 0 aliphatic carbocycles. The number of aromatic nitrogens is 3. The summed E-state index contributed by atoms with van der Waals surface area (Å²) in [4.78, 5) is 16.8. The summed E-state index contributed by atoms with van der Waals surface area (Å²) in [5.41, 5.74) is 8.57. The molecule has 0 saturated heterocycles. The molecule has 1 aromatic carbocycles. The van der Waals surface area contributed by atoms with Gasteiger partial charge in [-0.15, -0.1) is 16.4 Å². The smallest absolute Gasteiger partial charge is 0.270 e. The topological polar surface area (TPSA) is 81.8 Å². The number of hydrogen-bond donors (Lipinski definition) is 1. The van der Waals surface area contributed by atoms with Crippen molar-refractivity contribution in [3.8, 4) is 10.4 Å². The molecule has 4 aromatic rings. The van der Waals surface area contributed by atoms with Crippen LogP contribution in [-0.2, 0) is 6.42 Å². The lowest BCUT2D eigenvalue weighted by molar-refractivity contribution is 0.0996. The van der Waals surface area contributed by atoms with Crippen LogP contribution >= 0.6 is 22.9 Å². The van der Waals surface area contributed by atoms with Crippen LogP contribution in [0.4, 0.5) is 0 Å². The van der Waals surface area contributed by atoms with Gasteiger partial charge in [0.1, 0.15) is 0 Å². The Morgan fingerprint density at radius 3 is 2.50 bits per heavy atom. The van der Waals surface area contributed by atoms with E-state index in [4.69, 9.17) is 17.3 Å². The van der Waals surface area contributed by atoms with Gasteiger partial charge < -0.3 is 5.73 Å². The number of carbonyl (C=O) groups is 1. The van der Waals surface area contributed by atoms with Crippen LogP contribution in [0.25, 0.3) is 20.5 Å². The first-order valence-electron chi connectivity index (χ1n) is 7.85. The lowest BCUT2D eigenvalue weighted by Crippen LogP contribution is -2.14. The minimum absolute atomic E-state index is 0.198. The van der Waals surface area contributed by atoms with Crippen molar-refractivity contribution in [2.75, 3.05) is 0 Å². The number of fused-ring (bicyclic) bond motifs is 1. The van der Waals surface area contributed by atoms with Crippen LogP contribution in [0.2, 0.25) is 5.02 Å². The van der Waals surface area contributed by atoms with Crippen molar-refractivity contribution in [3.05, 3.63) is 76.8 Å². The van der Waals surface area contributed by atoms with Crippen LogP contribution in [0.3, 0.4) is 0 Å². The van der Waals surface area contributed by atoms with Crippen molar-refractivity contribution >= 4 is 38.9 Å². The molecule has 0 radical (unpaired) electrons. The van der Waals surface area contributed by atoms with Crippen LogP contribution in [0.1, 0.15) is 21.7 Å². The van der Waals surface area contributed by atoms with E-state index in [9.17, 15) is 4.79 Å². The van der Waals surface area contributed by atoms with Crippen LogP contribution in [-0.4, -0.2) is 21.1 Å². The SMILES string of the molecule is NC(=O)c1nnc(Cc2ccncc2)c2cc(-c3ccc(Cl)cc3)sc12. The van der Waals surface area contributed by atoms with Crippen LogP contribution < -0.4 is 5.73 Å². The van der Waals surface area contributed by atoms with Gasteiger partial charge in [-0.3, -0.25) is 9.78 Å². The number of nitrogens with two attached hydrogens (primary N) is 1. The van der Waals surface area contributed by atoms with Gasteiger partial charge in [0.2, 0.25) is 0 Å². The Hall–Kier alpha value is -2.83. The molecule has 128 valence electrons. The molecule has 3 aromatic heterocycles. The minimum atomic E-state index is -0.581. The normalized spacial score (nSPS) is 11.0. The number of halogens is 1. The molecule has 1 amide bonds. The summed E-state index contributed by atoms with van der Waals surface area (Å²) in [5, 5.41) is 9.90. The maximum absolute atomic E-state index is 11.8. The lowest BCUT2D eigenvalue weighted by Gasteiger charge is -2.03. The fraction of sp³-hybridized carbons (Fsp3) is 0.0526. The Morgan fingerprint density at radius 2 is 1.81 bits per heavy atom. The van der Waals surface area contributed by atoms with Gasteiger partial charge in [-0.25, -0.2) is 0 Å². The first-order valence-corrected chi connectivity index (χ1v) is 9.05. The number of benzene rings is 1. The minimum Gasteiger partial charge on any atom is -0.364 e. The van der Waals surface area contributed by atoms with Crippen molar-refractivity contribution < 1.29 is 4.79 Å². The zero-order chi connectivity index (χ0) is 18.1. The van der Waals surface area contributed by atoms with Gasteiger partial charge in [0, 0.05) is 34.1 Å². The zero-order valence-electron chi connectivity index (χ0n) is 13.5. The van der Waals surface area contributed by atoms with Gasteiger partial charge in [-0.2, -0.15) is 5.10 Å². The molecule has 0 saturated carbocycles. The average Bonchev–Trinajstić information content (AvgIpc) is 3.09. The molecule has 0 spiro atoms. The molecule has 0 bridgehead atoms. The van der Waals surface area contributed by atoms with Gasteiger partial charge in [0.15, 0.2) is 5.69 Å². The fourth-order valence-corrected chi connectivity index (χ4v) is 4.03. The molecule has 2 N–H and O–H groups in total. The molecule has 26 heavy (non-hydrogen) atoms. The standard InChI is InChI=1S/C19H13ClN4OS/c20-13-3-1-12(2-4-13)16-10-14-15(9-11-5-7-22-8-6-11)23-24-17(19(21)25)18(14)26-16/h1-8,10H,9H2,(H2,21,25). The van der Waals surface area contributed by atoms with Crippen LogP contribution in [0, 0.1) is 0 Å². The predicted octanol–water partition coefficient (Wildman–Crippen LogP) is 4.10. The monoisotopic (exact) mass is 380 g/mol. The van der Waals surface area contributed by atoms with E-state index in [-0.39, 0.29) is 5.69 Å². The van der Waals surface area contributed by atoms with Crippen molar-refractivity contribution in [3.63, 3.8) is 0 Å². The van der Waals surface area contributed by atoms with E-state index in [1.807, 2.05) is 42.5 Å². The molecule has 4 rings (SSSR count). The second kappa shape index (κ2) is 6.82. The third-order valence-electron chi connectivity index (χ3n) is 4.01. The van der Waals surface area contributed by atoms with Crippen molar-refractivity contribution in [1.82, 2.24) is 15.2 Å². The Bertz CT molecular complexity index is 1090. The van der Waals surface area contributed by atoms with Crippen LogP contribution in [0.5, 0.6) is 0 Å². The van der Waals surface area contributed by atoms with E-state index in [1.165, 1.54) is 11.3 Å². The third-order valence-corrected chi connectivity index (χ3v) is 5.45. The second-order valence-electron chi connectivity index (χ2n) is 5.75. The van der Waals surface area contributed by atoms with Crippen molar-refractivity contribution in [2.45, 2.75) is 6.42 Å². The molecule has 0 fully saturated rings. The lowest BCUT2D eigenvalue weighted by atomic mass is 10.1. The van der Waals surface area contributed by atoms with Gasteiger partial charge in [0.25, 0.3) is 5.91 Å². The van der Waals surface area contributed by atoms with E-state index < -0.39 is 5.91 Å². The largest absolute Gasteiger partial charge is 0.364 e. The molecule has 0 aliphatic rings. The molecular formula is C19H13ClN4OS. The Balaban J connectivity index is 1.87. The maximum atomic E-state index is 11.8. The van der Waals surface area contributed by atoms with Crippen molar-refractivity contribution in [1.29, 1.82) is 0 Å². The summed E-state index contributed by atoms with van der Waals surface area (Å²) in [6.45, 7) is 0. The summed E-state index contributed by atoms with van der Waals surface area (Å²) < 4.78 is 0.751. The number of pyridine rings is 1. The quantitative estimate of drug-likeness (QED) is 0.578. The van der Waals surface area contributed by atoms with E-state index in [0.29, 0.717) is 11.4 Å². The van der Waals surface area contributed by atoms with Gasteiger partial charge in [0.05, 0.1) is 10.4 Å². The first-order chi connectivity index (χ1) is 12.6. The Kier molecular flexibility index (Phi) is 4.36. The van der Waals surface area contributed by atoms with Gasteiger partial charge >= 0.3 is 0 Å². The summed E-state index contributed by atoms with van der Waals surface area (Å²) in [7, 11) is 0. The van der Waals surface area contributed by atoms with Gasteiger partial charge in [-0.05, 0) is 41.5 Å². The van der Waals surface area contributed by atoms with Crippen molar-refractivity contribution in [2.24, 2.45) is 5.73 Å². The number of amides is 1. The highest BCUT2D eigenvalue weighted by atomic mass is 35.5. The predicted molar refractivity (Wildman–Crippen MR) is 103 cm³/mol. The molecule has 3 heterocycles.